The number of ether oxygens (including phenoxy) is 2. The molecule has 1 saturated heterocycles. The minimum atomic E-state index is 0.220. The molecule has 0 spiro atoms. The zero-order valence-corrected chi connectivity index (χ0v) is 12.9. The summed E-state index contributed by atoms with van der Waals surface area (Å²) in [7, 11) is 0. The van der Waals surface area contributed by atoms with Gasteiger partial charge in [-0.15, -0.1) is 0 Å². The fourth-order valence-corrected chi connectivity index (χ4v) is 2.70. The maximum Gasteiger partial charge on any atom is 0.119 e. The highest BCUT2D eigenvalue weighted by atomic mass is 16.5. The van der Waals surface area contributed by atoms with Gasteiger partial charge in [0, 0.05) is 18.6 Å². The summed E-state index contributed by atoms with van der Waals surface area (Å²) >= 11 is 0. The SMILES string of the molecule is CCCNC(c1ccc(OC(C)C)cc1)C1CCOC1. The quantitative estimate of drug-likeness (QED) is 0.826. The summed E-state index contributed by atoms with van der Waals surface area (Å²) in [5, 5.41) is 3.67. The van der Waals surface area contributed by atoms with E-state index in [0.29, 0.717) is 12.0 Å². The Morgan fingerprint density at radius 2 is 2.05 bits per heavy atom. The van der Waals surface area contributed by atoms with Crippen molar-refractivity contribution >= 4 is 0 Å². The highest BCUT2D eigenvalue weighted by Gasteiger charge is 2.26. The Morgan fingerprint density at radius 3 is 2.60 bits per heavy atom. The largest absolute Gasteiger partial charge is 0.491 e. The summed E-state index contributed by atoms with van der Waals surface area (Å²) in [6.07, 6.45) is 2.52. The van der Waals surface area contributed by atoms with Gasteiger partial charge in [0.1, 0.15) is 5.75 Å². The first-order chi connectivity index (χ1) is 9.70. The predicted octanol–water partition coefficient (Wildman–Crippen LogP) is 3.55. The molecule has 112 valence electrons. The third-order valence-electron chi connectivity index (χ3n) is 3.66. The second-order valence-corrected chi connectivity index (χ2v) is 5.79. The molecule has 0 aliphatic carbocycles. The zero-order chi connectivity index (χ0) is 14.4. The average molecular weight is 277 g/mol. The van der Waals surface area contributed by atoms with Crippen LogP contribution in [0, 0.1) is 5.92 Å². The van der Waals surface area contributed by atoms with Crippen LogP contribution in [0.2, 0.25) is 0 Å². The van der Waals surface area contributed by atoms with Crippen LogP contribution >= 0.6 is 0 Å². The van der Waals surface area contributed by atoms with Gasteiger partial charge in [-0.05, 0) is 50.9 Å². The summed E-state index contributed by atoms with van der Waals surface area (Å²) in [6, 6.07) is 8.91. The third-order valence-corrected chi connectivity index (χ3v) is 3.66. The molecule has 0 radical (unpaired) electrons. The molecule has 1 fully saturated rings. The van der Waals surface area contributed by atoms with Crippen LogP contribution in [0.5, 0.6) is 5.75 Å². The molecule has 1 aliphatic heterocycles. The van der Waals surface area contributed by atoms with Crippen molar-refractivity contribution in [1.29, 1.82) is 0 Å². The van der Waals surface area contributed by atoms with E-state index >= 15 is 0 Å². The van der Waals surface area contributed by atoms with Gasteiger partial charge in [0.2, 0.25) is 0 Å². The van der Waals surface area contributed by atoms with Gasteiger partial charge in [0.15, 0.2) is 0 Å². The third kappa shape index (κ3) is 4.22. The van der Waals surface area contributed by atoms with Gasteiger partial charge < -0.3 is 14.8 Å². The molecule has 0 saturated carbocycles. The van der Waals surface area contributed by atoms with Gasteiger partial charge in [0.05, 0.1) is 12.7 Å². The molecule has 2 atom stereocenters. The van der Waals surface area contributed by atoms with Crippen LogP contribution in [0.15, 0.2) is 24.3 Å². The summed E-state index contributed by atoms with van der Waals surface area (Å²) in [5.74, 6) is 1.53. The summed E-state index contributed by atoms with van der Waals surface area (Å²) in [4.78, 5) is 0. The number of hydrogen-bond donors (Lipinski definition) is 1. The van der Waals surface area contributed by atoms with Crippen molar-refractivity contribution in [2.24, 2.45) is 5.92 Å². The maximum absolute atomic E-state index is 5.71. The van der Waals surface area contributed by atoms with E-state index in [1.54, 1.807) is 0 Å². The smallest absolute Gasteiger partial charge is 0.119 e. The lowest BCUT2D eigenvalue weighted by Gasteiger charge is -2.24. The molecule has 20 heavy (non-hydrogen) atoms. The molecule has 1 aromatic carbocycles. The van der Waals surface area contributed by atoms with E-state index in [2.05, 4.69) is 50.4 Å². The van der Waals surface area contributed by atoms with Crippen molar-refractivity contribution in [2.75, 3.05) is 19.8 Å². The van der Waals surface area contributed by atoms with Crippen molar-refractivity contribution in [1.82, 2.24) is 5.32 Å². The van der Waals surface area contributed by atoms with Crippen molar-refractivity contribution in [2.45, 2.75) is 45.8 Å². The van der Waals surface area contributed by atoms with E-state index in [1.807, 2.05) is 0 Å². The van der Waals surface area contributed by atoms with E-state index in [1.165, 1.54) is 5.56 Å². The highest BCUT2D eigenvalue weighted by Crippen LogP contribution is 2.30. The summed E-state index contributed by atoms with van der Waals surface area (Å²) < 4.78 is 11.3. The van der Waals surface area contributed by atoms with Crippen molar-refractivity contribution < 1.29 is 9.47 Å². The number of nitrogens with one attached hydrogen (secondary N) is 1. The standard InChI is InChI=1S/C17H27NO2/c1-4-10-18-17(15-9-11-19-12-15)14-5-7-16(8-6-14)20-13(2)3/h5-8,13,15,17-18H,4,9-12H2,1-3H3. The Hall–Kier alpha value is -1.06. The Bertz CT molecular complexity index is 382. The number of benzene rings is 1. The lowest BCUT2D eigenvalue weighted by atomic mass is 9.92. The first kappa shape index (κ1) is 15.3. The topological polar surface area (TPSA) is 30.5 Å². The lowest BCUT2D eigenvalue weighted by molar-refractivity contribution is 0.176. The molecule has 3 nitrogen and oxygen atoms in total. The first-order valence-electron chi connectivity index (χ1n) is 7.78. The van der Waals surface area contributed by atoms with E-state index in [4.69, 9.17) is 9.47 Å². The second kappa shape index (κ2) is 7.65. The van der Waals surface area contributed by atoms with Crippen molar-refractivity contribution in [3.05, 3.63) is 29.8 Å². The van der Waals surface area contributed by atoms with Crippen LogP contribution in [0.25, 0.3) is 0 Å². The van der Waals surface area contributed by atoms with Gasteiger partial charge in [-0.1, -0.05) is 19.1 Å². The minimum Gasteiger partial charge on any atom is -0.491 e. The Morgan fingerprint density at radius 1 is 1.30 bits per heavy atom. The average Bonchev–Trinajstić information content (AvgIpc) is 2.94. The fraction of sp³-hybridized carbons (Fsp3) is 0.647. The van der Waals surface area contributed by atoms with Gasteiger partial charge in [-0.2, -0.15) is 0 Å². The number of rotatable bonds is 7. The Labute approximate surface area is 122 Å². The van der Waals surface area contributed by atoms with Crippen LogP contribution in [-0.2, 0) is 4.74 Å². The van der Waals surface area contributed by atoms with Crippen LogP contribution in [0.1, 0.15) is 45.2 Å². The van der Waals surface area contributed by atoms with E-state index in [-0.39, 0.29) is 6.10 Å². The minimum absolute atomic E-state index is 0.220. The summed E-state index contributed by atoms with van der Waals surface area (Å²) in [6.45, 7) is 9.11. The molecule has 0 bridgehead atoms. The Balaban J connectivity index is 2.06. The molecule has 1 aliphatic rings. The van der Waals surface area contributed by atoms with Gasteiger partial charge >= 0.3 is 0 Å². The first-order valence-corrected chi connectivity index (χ1v) is 7.78. The molecule has 2 rings (SSSR count). The predicted molar refractivity (Wildman–Crippen MR) is 82.2 cm³/mol. The van der Waals surface area contributed by atoms with Gasteiger partial charge in [0.25, 0.3) is 0 Å². The monoisotopic (exact) mass is 277 g/mol. The molecule has 2 unspecified atom stereocenters. The van der Waals surface area contributed by atoms with Crippen LogP contribution in [-0.4, -0.2) is 25.9 Å². The normalized spacial score (nSPS) is 20.3. The van der Waals surface area contributed by atoms with Gasteiger partial charge in [-0.25, -0.2) is 0 Å². The van der Waals surface area contributed by atoms with E-state index < -0.39 is 0 Å². The molecular formula is C17H27NO2. The lowest BCUT2D eigenvalue weighted by Crippen LogP contribution is -2.29. The number of hydrogen-bond acceptors (Lipinski definition) is 3. The van der Waals surface area contributed by atoms with Crippen LogP contribution in [0.3, 0.4) is 0 Å². The van der Waals surface area contributed by atoms with Crippen molar-refractivity contribution in [3.8, 4) is 5.75 Å². The molecule has 1 aromatic rings. The molecule has 0 aromatic heterocycles. The molecular weight excluding hydrogens is 250 g/mol. The molecule has 1 N–H and O–H groups in total. The molecule has 1 heterocycles. The summed E-state index contributed by atoms with van der Waals surface area (Å²) in [5.41, 5.74) is 1.34. The molecule has 3 heteroatoms. The van der Waals surface area contributed by atoms with Crippen LogP contribution < -0.4 is 10.1 Å². The van der Waals surface area contributed by atoms with E-state index in [0.717, 1.165) is 38.3 Å². The fourth-order valence-electron chi connectivity index (χ4n) is 2.70. The maximum atomic E-state index is 5.71. The Kier molecular flexibility index (Phi) is 5.86. The van der Waals surface area contributed by atoms with Gasteiger partial charge in [-0.3, -0.25) is 0 Å². The second-order valence-electron chi connectivity index (χ2n) is 5.79. The van der Waals surface area contributed by atoms with E-state index in [9.17, 15) is 0 Å². The zero-order valence-electron chi connectivity index (χ0n) is 12.9. The van der Waals surface area contributed by atoms with Crippen molar-refractivity contribution in [3.63, 3.8) is 0 Å². The van der Waals surface area contributed by atoms with Crippen LogP contribution in [0.4, 0.5) is 0 Å². The molecule has 0 amide bonds. The highest BCUT2D eigenvalue weighted by molar-refractivity contribution is 5.30.